The second kappa shape index (κ2) is 11.6. The van der Waals surface area contributed by atoms with E-state index in [1.165, 1.54) is 33.8 Å². The average Bonchev–Trinajstić information content (AvgIpc) is 3.38. The smallest absolute Gasteiger partial charge is 0.249 e. The Bertz CT molecular complexity index is 1570. The van der Waals surface area contributed by atoms with Crippen molar-refractivity contribution in [2.75, 3.05) is 12.0 Å². The van der Waals surface area contributed by atoms with Gasteiger partial charge in [0.05, 0.1) is 12.6 Å². The Kier molecular flexibility index (Phi) is 7.58. The third kappa shape index (κ3) is 5.77. The number of benzene rings is 4. The van der Waals surface area contributed by atoms with Gasteiger partial charge in [-0.1, -0.05) is 59.8 Å². The van der Waals surface area contributed by atoms with E-state index in [0.29, 0.717) is 28.0 Å². The monoisotopic (exact) mass is 523 g/mol. The summed E-state index contributed by atoms with van der Waals surface area (Å²) in [5.41, 5.74) is 3.16. The largest absolute Gasteiger partial charge is 0.497 e. The number of aromatic nitrogens is 3. The number of hydrogen-bond donors (Lipinski definition) is 1. The molecule has 5 aromatic rings. The summed E-state index contributed by atoms with van der Waals surface area (Å²) >= 11 is 0. The van der Waals surface area contributed by atoms with Crippen LogP contribution in [-0.2, 0) is 22.7 Å². The lowest BCUT2D eigenvalue weighted by Crippen LogP contribution is -2.45. The van der Waals surface area contributed by atoms with Crippen molar-refractivity contribution < 1.29 is 18.7 Å². The molecule has 0 aliphatic carbocycles. The second-order valence-corrected chi connectivity index (χ2v) is 8.86. The minimum absolute atomic E-state index is 0.170. The van der Waals surface area contributed by atoms with E-state index < -0.39 is 23.7 Å². The van der Waals surface area contributed by atoms with E-state index >= 15 is 0 Å². The molecule has 0 saturated carbocycles. The predicted octanol–water partition coefficient (Wildman–Crippen LogP) is 4.67. The lowest BCUT2D eigenvalue weighted by Gasteiger charge is -2.31. The number of carbonyl (C=O) groups is 2. The van der Waals surface area contributed by atoms with Crippen molar-refractivity contribution in [1.82, 2.24) is 20.3 Å². The van der Waals surface area contributed by atoms with Crippen LogP contribution in [0.5, 0.6) is 5.75 Å². The first-order valence-electron chi connectivity index (χ1n) is 12.3. The van der Waals surface area contributed by atoms with Gasteiger partial charge in [0, 0.05) is 12.2 Å². The minimum Gasteiger partial charge on any atom is -0.497 e. The van der Waals surface area contributed by atoms with Gasteiger partial charge < -0.3 is 10.1 Å². The summed E-state index contributed by atoms with van der Waals surface area (Å²) in [6.07, 6.45) is 0. The van der Waals surface area contributed by atoms with E-state index in [2.05, 4.69) is 15.6 Å². The third-order valence-electron chi connectivity index (χ3n) is 6.33. The summed E-state index contributed by atoms with van der Waals surface area (Å²) in [4.78, 5) is 29.2. The van der Waals surface area contributed by atoms with Crippen molar-refractivity contribution in [3.63, 3.8) is 0 Å². The number of rotatable bonds is 9. The fourth-order valence-corrected chi connectivity index (χ4v) is 4.36. The number of methoxy groups -OCH3 is 1. The predicted molar refractivity (Wildman–Crippen MR) is 145 cm³/mol. The highest BCUT2D eigenvalue weighted by Gasteiger charge is 2.33. The molecule has 1 aromatic heterocycles. The number of hydrogen-bond acceptors (Lipinski definition) is 5. The van der Waals surface area contributed by atoms with Crippen molar-refractivity contribution in [3.05, 3.63) is 120 Å². The lowest BCUT2D eigenvalue weighted by molar-refractivity contribution is -0.127. The minimum atomic E-state index is -1.09. The molecular formula is C30H26FN5O3. The van der Waals surface area contributed by atoms with E-state index in [4.69, 9.17) is 4.74 Å². The SMILES string of the molecule is COc1ccc(N(C(=O)Cn2nnc3ccccc32)[C@H](C(=O)NCc2ccccc2)c2ccc(F)cc2)cc1. The molecule has 0 aliphatic heterocycles. The Morgan fingerprint density at radius 3 is 2.33 bits per heavy atom. The first-order chi connectivity index (χ1) is 19.0. The standard InChI is InChI=1S/C30H26FN5O3/c1-39-25-17-15-24(16-18-25)36(28(37)20-35-27-10-6-5-9-26(27)33-34-35)29(22-11-13-23(31)14-12-22)30(38)32-19-21-7-3-2-4-8-21/h2-18,29H,19-20H2,1H3,(H,32,38)/t29-/m0/s1. The molecule has 9 heteroatoms. The molecule has 0 radical (unpaired) electrons. The summed E-state index contributed by atoms with van der Waals surface area (Å²) < 4.78 is 20.7. The highest BCUT2D eigenvalue weighted by molar-refractivity contribution is 6.01. The normalized spacial score (nSPS) is 11.6. The topological polar surface area (TPSA) is 89.3 Å². The van der Waals surface area contributed by atoms with Gasteiger partial charge in [-0.3, -0.25) is 14.5 Å². The summed E-state index contributed by atoms with van der Waals surface area (Å²) in [6, 6.07) is 28.1. The molecule has 0 unspecified atom stereocenters. The Balaban J connectivity index is 1.55. The molecule has 0 fully saturated rings. The van der Waals surface area contributed by atoms with Crippen LogP contribution in [0.1, 0.15) is 17.2 Å². The van der Waals surface area contributed by atoms with Gasteiger partial charge in [-0.15, -0.1) is 5.10 Å². The number of nitrogens with zero attached hydrogens (tertiary/aromatic N) is 4. The number of fused-ring (bicyclic) bond motifs is 1. The molecule has 0 bridgehead atoms. The molecule has 1 atom stereocenters. The number of ether oxygens (including phenoxy) is 1. The number of nitrogens with one attached hydrogen (secondary N) is 1. The molecular weight excluding hydrogens is 497 g/mol. The molecule has 0 saturated heterocycles. The zero-order valence-electron chi connectivity index (χ0n) is 21.2. The van der Waals surface area contributed by atoms with E-state index in [9.17, 15) is 14.0 Å². The molecule has 1 heterocycles. The van der Waals surface area contributed by atoms with Crippen molar-refractivity contribution in [2.45, 2.75) is 19.1 Å². The van der Waals surface area contributed by atoms with Crippen molar-refractivity contribution in [3.8, 4) is 5.75 Å². The maximum atomic E-state index is 14.0. The summed E-state index contributed by atoms with van der Waals surface area (Å²) in [6.45, 7) is 0.0892. The van der Waals surface area contributed by atoms with E-state index in [1.807, 2.05) is 54.6 Å². The van der Waals surface area contributed by atoms with E-state index in [1.54, 1.807) is 31.4 Å². The number of carbonyl (C=O) groups excluding carboxylic acids is 2. The molecule has 0 spiro atoms. The Labute approximate surface area is 224 Å². The molecule has 8 nitrogen and oxygen atoms in total. The molecule has 0 aliphatic rings. The Hall–Kier alpha value is -5.05. The fraction of sp³-hybridized carbons (Fsp3) is 0.133. The van der Waals surface area contributed by atoms with Crippen molar-refractivity contribution >= 4 is 28.5 Å². The molecule has 2 amide bonds. The van der Waals surface area contributed by atoms with Crippen LogP contribution < -0.4 is 15.0 Å². The Morgan fingerprint density at radius 2 is 1.62 bits per heavy atom. The lowest BCUT2D eigenvalue weighted by atomic mass is 10.0. The van der Waals surface area contributed by atoms with Gasteiger partial charge in [0.2, 0.25) is 11.8 Å². The highest BCUT2D eigenvalue weighted by atomic mass is 19.1. The first kappa shape index (κ1) is 25.6. The summed E-state index contributed by atoms with van der Waals surface area (Å²) in [5, 5.41) is 11.2. The maximum Gasteiger partial charge on any atom is 0.249 e. The van der Waals surface area contributed by atoms with Gasteiger partial charge in [0.1, 0.15) is 29.7 Å². The number of para-hydroxylation sites is 1. The van der Waals surface area contributed by atoms with Gasteiger partial charge in [-0.25, -0.2) is 9.07 Å². The fourth-order valence-electron chi connectivity index (χ4n) is 4.36. The number of halogens is 1. The van der Waals surface area contributed by atoms with Crippen molar-refractivity contribution in [2.24, 2.45) is 0 Å². The van der Waals surface area contributed by atoms with Crippen molar-refractivity contribution in [1.29, 1.82) is 0 Å². The van der Waals surface area contributed by atoms with E-state index in [0.717, 1.165) is 5.56 Å². The van der Waals surface area contributed by atoms with Crippen LogP contribution in [0.4, 0.5) is 10.1 Å². The molecule has 39 heavy (non-hydrogen) atoms. The molecule has 5 rings (SSSR count). The van der Waals surface area contributed by atoms with Crippen LogP contribution in [0, 0.1) is 5.82 Å². The number of amides is 2. The third-order valence-corrected chi connectivity index (χ3v) is 6.33. The number of anilines is 1. The summed E-state index contributed by atoms with van der Waals surface area (Å²) in [7, 11) is 1.55. The van der Waals surface area contributed by atoms with Gasteiger partial charge in [-0.05, 0) is 59.7 Å². The maximum absolute atomic E-state index is 14.0. The average molecular weight is 524 g/mol. The van der Waals surface area contributed by atoms with Crippen LogP contribution >= 0.6 is 0 Å². The van der Waals surface area contributed by atoms with Gasteiger partial charge in [-0.2, -0.15) is 0 Å². The molecule has 196 valence electrons. The van der Waals surface area contributed by atoms with Gasteiger partial charge in [0.25, 0.3) is 0 Å². The van der Waals surface area contributed by atoms with Gasteiger partial charge in [0.15, 0.2) is 0 Å². The second-order valence-electron chi connectivity index (χ2n) is 8.86. The van der Waals surface area contributed by atoms with Crippen LogP contribution in [0.2, 0.25) is 0 Å². The van der Waals surface area contributed by atoms with Gasteiger partial charge >= 0.3 is 0 Å². The van der Waals surface area contributed by atoms with Crippen LogP contribution in [-0.4, -0.2) is 33.9 Å². The zero-order chi connectivity index (χ0) is 27.2. The molecule has 4 aromatic carbocycles. The van der Waals surface area contributed by atoms with Crippen LogP contribution in [0.25, 0.3) is 11.0 Å². The molecule has 1 N–H and O–H groups in total. The van der Waals surface area contributed by atoms with Crippen LogP contribution in [0.3, 0.4) is 0 Å². The highest BCUT2D eigenvalue weighted by Crippen LogP contribution is 2.30. The Morgan fingerprint density at radius 1 is 0.923 bits per heavy atom. The zero-order valence-corrected chi connectivity index (χ0v) is 21.2. The first-order valence-corrected chi connectivity index (χ1v) is 12.3. The van der Waals surface area contributed by atoms with Crippen LogP contribution in [0.15, 0.2) is 103 Å². The quantitative estimate of drug-likeness (QED) is 0.303. The summed E-state index contributed by atoms with van der Waals surface area (Å²) in [5.74, 6) is -0.669. The van der Waals surface area contributed by atoms with E-state index in [-0.39, 0.29) is 13.1 Å².